The highest BCUT2D eigenvalue weighted by Crippen LogP contribution is 2.12. The van der Waals surface area contributed by atoms with Gasteiger partial charge in [-0.2, -0.15) is 0 Å². The summed E-state index contributed by atoms with van der Waals surface area (Å²) in [5.74, 6) is 0. The van der Waals surface area contributed by atoms with Crippen molar-refractivity contribution in [2.45, 2.75) is 46.7 Å². The number of hydrogen-bond donors (Lipinski definition) is 0. The van der Waals surface area contributed by atoms with E-state index < -0.39 is 0 Å². The van der Waals surface area contributed by atoms with Gasteiger partial charge in [0, 0.05) is 19.0 Å². The van der Waals surface area contributed by atoms with Crippen LogP contribution in [0.2, 0.25) is 24.2 Å². The molecule has 82 valence electrons. The molecule has 0 amide bonds. The van der Waals surface area contributed by atoms with Crippen LogP contribution in [0.25, 0.3) is 0 Å². The number of rotatable bonds is 9. The van der Waals surface area contributed by atoms with Gasteiger partial charge in [0.05, 0.1) is 0 Å². The molecule has 0 saturated carbocycles. The molecule has 0 rings (SSSR count). The van der Waals surface area contributed by atoms with Crippen LogP contribution in [-0.4, -0.2) is 28.7 Å². The van der Waals surface area contributed by atoms with E-state index in [-0.39, 0.29) is 9.67 Å². The fraction of sp³-hybridized carbons (Fsp3) is 1.00. The largest absolute Gasteiger partial charge is 0.107 e. The van der Waals surface area contributed by atoms with Gasteiger partial charge in [0.1, 0.15) is 9.67 Å². The lowest BCUT2D eigenvalue weighted by Crippen LogP contribution is -1.98. The molecule has 0 heterocycles. The summed E-state index contributed by atoms with van der Waals surface area (Å²) in [7, 11) is 2.01. The summed E-state index contributed by atoms with van der Waals surface area (Å²) in [6.07, 6.45) is 1.85. The van der Waals surface area contributed by atoms with Crippen LogP contribution in [-0.2, 0) is 0 Å². The second-order valence-electron chi connectivity index (χ2n) is 2.86. The van der Waals surface area contributed by atoms with E-state index in [9.17, 15) is 0 Å². The van der Waals surface area contributed by atoms with Gasteiger partial charge < -0.3 is 0 Å². The van der Waals surface area contributed by atoms with Gasteiger partial charge in [-0.25, -0.2) is 0 Å². The Morgan fingerprint density at radius 1 is 0.643 bits per heavy atom. The summed E-state index contributed by atoms with van der Waals surface area (Å²) in [6, 6.07) is 4.92. The topological polar surface area (TPSA) is 0 Å². The Morgan fingerprint density at radius 2 is 1.00 bits per heavy atom. The Morgan fingerprint density at radius 3 is 1.29 bits per heavy atom. The molecule has 0 aliphatic rings. The minimum absolute atomic E-state index is 0.182. The quantitative estimate of drug-likeness (QED) is 0.335. The third-order valence-corrected chi connectivity index (χ3v) is 5.42. The zero-order valence-electron chi connectivity index (χ0n) is 7.91. The first-order valence-corrected chi connectivity index (χ1v) is 9.18. The van der Waals surface area contributed by atoms with Crippen LogP contribution in [0.4, 0.5) is 0 Å². The smallest absolute Gasteiger partial charge is 0.105 e. The second-order valence-corrected chi connectivity index (χ2v) is 8.41. The zero-order valence-corrected chi connectivity index (χ0v) is 12.9. The molecule has 0 bridgehead atoms. The van der Waals surface area contributed by atoms with E-state index in [0.717, 1.165) is 44.0 Å². The van der Waals surface area contributed by atoms with Crippen LogP contribution in [0.5, 0.6) is 0 Å². The van der Waals surface area contributed by atoms with Crippen molar-refractivity contribution in [3.63, 3.8) is 0 Å². The molecule has 4 radical (unpaired) electrons. The molecule has 0 aromatic carbocycles. The molecule has 0 aromatic rings. The van der Waals surface area contributed by atoms with Crippen molar-refractivity contribution in [1.29, 1.82) is 0 Å². The first-order valence-electron chi connectivity index (χ1n) is 4.60. The fourth-order valence-corrected chi connectivity index (χ4v) is 4.92. The molecule has 0 spiro atoms. The Hall–Kier alpha value is 1.59. The number of halogens is 4. The van der Waals surface area contributed by atoms with Crippen LogP contribution < -0.4 is 0 Å². The van der Waals surface area contributed by atoms with E-state index in [4.69, 9.17) is 46.4 Å². The van der Waals surface area contributed by atoms with Gasteiger partial charge in [0.15, 0.2) is 0 Å². The molecule has 0 saturated heterocycles. The molecule has 6 heteroatoms. The Kier molecular flexibility index (Phi) is 12.4. The van der Waals surface area contributed by atoms with Crippen LogP contribution >= 0.6 is 46.4 Å². The maximum atomic E-state index is 5.62. The second kappa shape index (κ2) is 11.1. The summed E-state index contributed by atoms with van der Waals surface area (Å²) in [4.78, 5) is -0.364. The van der Waals surface area contributed by atoms with Crippen molar-refractivity contribution < 1.29 is 0 Å². The molecule has 0 nitrogen and oxygen atoms in total. The summed E-state index contributed by atoms with van der Waals surface area (Å²) < 4.78 is 0. The maximum Gasteiger partial charge on any atom is 0.107 e. The number of alkyl halides is 4. The van der Waals surface area contributed by atoms with E-state index in [1.54, 1.807) is 0 Å². The fourth-order valence-electron chi connectivity index (χ4n) is 0.849. The van der Waals surface area contributed by atoms with E-state index in [1.165, 1.54) is 12.1 Å². The average molecular weight is 308 g/mol. The Labute approximate surface area is 112 Å². The van der Waals surface area contributed by atoms with Crippen LogP contribution in [0.1, 0.15) is 12.8 Å². The molecule has 0 atom stereocenters. The summed E-state index contributed by atoms with van der Waals surface area (Å²) in [5.41, 5.74) is 0. The molecular formula is C8H14Cl4Si2. The average Bonchev–Trinajstić information content (AvgIpc) is 2.08. The van der Waals surface area contributed by atoms with Crippen LogP contribution in [0.15, 0.2) is 0 Å². The summed E-state index contributed by atoms with van der Waals surface area (Å²) in [6.45, 7) is 0. The van der Waals surface area contributed by atoms with Crippen LogP contribution in [0.3, 0.4) is 0 Å². The van der Waals surface area contributed by atoms with Crippen molar-refractivity contribution in [3.8, 4) is 0 Å². The van der Waals surface area contributed by atoms with Crippen molar-refractivity contribution in [2.75, 3.05) is 0 Å². The SMILES string of the molecule is ClC(Cl)CC[Si]CC[Si]CCC(Cl)Cl. The summed E-state index contributed by atoms with van der Waals surface area (Å²) in [5, 5.41) is 0. The van der Waals surface area contributed by atoms with E-state index in [2.05, 4.69) is 0 Å². The van der Waals surface area contributed by atoms with Gasteiger partial charge in [-0.3, -0.25) is 0 Å². The molecule has 0 unspecified atom stereocenters. The molecule has 0 aliphatic carbocycles. The van der Waals surface area contributed by atoms with Gasteiger partial charge in [-0.15, -0.1) is 46.4 Å². The highest BCUT2D eigenvalue weighted by atomic mass is 35.5. The molecule has 0 aromatic heterocycles. The van der Waals surface area contributed by atoms with E-state index in [0.29, 0.717) is 0 Å². The highest BCUT2D eigenvalue weighted by molar-refractivity contribution is 6.46. The zero-order chi connectivity index (χ0) is 10.8. The standard InChI is InChI=1S/C8H14Cl4Si2/c9-7(10)1-3-13-5-6-14-4-2-8(11)12/h7-8H,1-6H2. The van der Waals surface area contributed by atoms with Crippen molar-refractivity contribution in [2.24, 2.45) is 0 Å². The van der Waals surface area contributed by atoms with Crippen LogP contribution in [0, 0.1) is 0 Å². The highest BCUT2D eigenvalue weighted by Gasteiger charge is 2.00. The lowest BCUT2D eigenvalue weighted by molar-refractivity contribution is 1.01. The van der Waals surface area contributed by atoms with Gasteiger partial charge in [0.2, 0.25) is 0 Å². The molecule has 0 N–H and O–H groups in total. The Balaban J connectivity index is 2.92. The third-order valence-electron chi connectivity index (χ3n) is 1.56. The van der Waals surface area contributed by atoms with Gasteiger partial charge in [0.25, 0.3) is 0 Å². The third kappa shape index (κ3) is 13.6. The first kappa shape index (κ1) is 15.6. The van der Waals surface area contributed by atoms with Gasteiger partial charge in [-0.1, -0.05) is 24.2 Å². The normalized spacial score (nSPS) is 11.6. The lowest BCUT2D eigenvalue weighted by Gasteiger charge is -2.01. The maximum absolute atomic E-state index is 5.62. The monoisotopic (exact) mass is 306 g/mol. The molecule has 14 heavy (non-hydrogen) atoms. The van der Waals surface area contributed by atoms with E-state index in [1.807, 2.05) is 0 Å². The minimum Gasteiger partial charge on any atom is -0.105 e. The van der Waals surface area contributed by atoms with E-state index >= 15 is 0 Å². The van der Waals surface area contributed by atoms with Gasteiger partial charge >= 0.3 is 0 Å². The predicted octanol–water partition coefficient (Wildman–Crippen LogP) is 4.46. The summed E-state index contributed by atoms with van der Waals surface area (Å²) >= 11 is 22.5. The molecule has 0 aliphatic heterocycles. The number of hydrogen-bond acceptors (Lipinski definition) is 0. The predicted molar refractivity (Wildman–Crippen MR) is 71.0 cm³/mol. The molecular weight excluding hydrogens is 294 g/mol. The van der Waals surface area contributed by atoms with Crippen molar-refractivity contribution >= 4 is 65.4 Å². The van der Waals surface area contributed by atoms with Crippen molar-refractivity contribution in [3.05, 3.63) is 0 Å². The lowest BCUT2D eigenvalue weighted by atomic mass is 10.6. The van der Waals surface area contributed by atoms with Crippen molar-refractivity contribution in [1.82, 2.24) is 0 Å². The first-order chi connectivity index (χ1) is 6.63. The Bertz CT molecular complexity index is 108. The minimum atomic E-state index is -0.182. The van der Waals surface area contributed by atoms with Gasteiger partial charge in [-0.05, 0) is 12.8 Å². The molecule has 0 fully saturated rings.